The SMILES string of the molecule is Cc1cnc(N2CCNC(C)(C)C2)cc1[N+](=O)[O-]. The van der Waals surface area contributed by atoms with E-state index >= 15 is 0 Å². The monoisotopic (exact) mass is 250 g/mol. The number of hydrogen-bond donors (Lipinski definition) is 1. The Bertz CT molecular complexity index is 473. The van der Waals surface area contributed by atoms with Crippen molar-refractivity contribution in [2.75, 3.05) is 24.5 Å². The van der Waals surface area contributed by atoms with E-state index in [1.54, 1.807) is 19.2 Å². The van der Waals surface area contributed by atoms with E-state index in [-0.39, 0.29) is 16.1 Å². The van der Waals surface area contributed by atoms with Crippen molar-refractivity contribution in [3.05, 3.63) is 27.9 Å². The van der Waals surface area contributed by atoms with Crippen molar-refractivity contribution >= 4 is 11.5 Å². The molecule has 0 amide bonds. The van der Waals surface area contributed by atoms with Crippen LogP contribution in [0, 0.1) is 17.0 Å². The lowest BCUT2D eigenvalue weighted by Gasteiger charge is -2.39. The molecule has 1 saturated heterocycles. The average Bonchev–Trinajstić information content (AvgIpc) is 2.27. The number of aromatic nitrogens is 1. The Balaban J connectivity index is 2.28. The van der Waals surface area contributed by atoms with Gasteiger partial charge in [-0.2, -0.15) is 0 Å². The Morgan fingerprint density at radius 2 is 2.28 bits per heavy atom. The van der Waals surface area contributed by atoms with Crippen LogP contribution in [0.25, 0.3) is 0 Å². The summed E-state index contributed by atoms with van der Waals surface area (Å²) in [4.78, 5) is 17.0. The smallest absolute Gasteiger partial charge is 0.277 e. The van der Waals surface area contributed by atoms with Gasteiger partial charge in [0, 0.05) is 36.9 Å². The van der Waals surface area contributed by atoms with Crippen LogP contribution < -0.4 is 10.2 Å². The van der Waals surface area contributed by atoms with Gasteiger partial charge in [-0.1, -0.05) is 0 Å². The maximum atomic E-state index is 10.9. The topological polar surface area (TPSA) is 71.3 Å². The summed E-state index contributed by atoms with van der Waals surface area (Å²) in [6.07, 6.45) is 1.57. The molecule has 2 heterocycles. The molecule has 0 atom stereocenters. The number of piperazine rings is 1. The maximum Gasteiger partial charge on any atom is 0.277 e. The molecule has 1 aliphatic rings. The molecule has 0 unspecified atom stereocenters. The van der Waals surface area contributed by atoms with Crippen LogP contribution in [0.3, 0.4) is 0 Å². The van der Waals surface area contributed by atoms with E-state index < -0.39 is 0 Å². The Labute approximate surface area is 106 Å². The highest BCUT2D eigenvalue weighted by atomic mass is 16.6. The highest BCUT2D eigenvalue weighted by Gasteiger charge is 2.27. The van der Waals surface area contributed by atoms with E-state index in [0.29, 0.717) is 11.4 Å². The van der Waals surface area contributed by atoms with Crippen LogP contribution in [-0.2, 0) is 0 Å². The number of nitro groups is 1. The number of nitrogens with one attached hydrogen (secondary N) is 1. The lowest BCUT2D eigenvalue weighted by molar-refractivity contribution is -0.385. The van der Waals surface area contributed by atoms with Crippen LogP contribution in [0.2, 0.25) is 0 Å². The Morgan fingerprint density at radius 3 is 2.89 bits per heavy atom. The minimum Gasteiger partial charge on any atom is -0.353 e. The predicted octanol–water partition coefficient (Wildman–Crippen LogP) is 1.49. The van der Waals surface area contributed by atoms with E-state index in [1.165, 1.54) is 0 Å². The summed E-state index contributed by atoms with van der Waals surface area (Å²) in [6.45, 7) is 8.40. The molecular formula is C12H18N4O2. The number of rotatable bonds is 2. The minimum absolute atomic E-state index is 0.000401. The highest BCUT2D eigenvalue weighted by Crippen LogP contribution is 2.24. The summed E-state index contributed by atoms with van der Waals surface area (Å²) in [6, 6.07) is 1.57. The quantitative estimate of drug-likeness (QED) is 0.636. The van der Waals surface area contributed by atoms with E-state index in [0.717, 1.165) is 19.6 Å². The zero-order chi connectivity index (χ0) is 13.3. The second kappa shape index (κ2) is 4.53. The molecule has 18 heavy (non-hydrogen) atoms. The number of anilines is 1. The third-order valence-electron chi connectivity index (χ3n) is 3.15. The van der Waals surface area contributed by atoms with Gasteiger partial charge in [-0.15, -0.1) is 0 Å². The molecule has 6 heteroatoms. The third kappa shape index (κ3) is 2.59. The highest BCUT2D eigenvalue weighted by molar-refractivity contribution is 5.51. The van der Waals surface area contributed by atoms with Crippen molar-refractivity contribution in [2.45, 2.75) is 26.3 Å². The van der Waals surface area contributed by atoms with Gasteiger partial charge in [0.2, 0.25) is 0 Å². The number of nitrogens with zero attached hydrogens (tertiary/aromatic N) is 3. The molecule has 0 aliphatic carbocycles. The lowest BCUT2D eigenvalue weighted by Crippen LogP contribution is -2.57. The standard InChI is InChI=1S/C12H18N4O2/c1-9-7-13-11(6-10(9)16(17)18)15-5-4-14-12(2,3)8-15/h6-7,14H,4-5,8H2,1-3H3. The summed E-state index contributed by atoms with van der Waals surface area (Å²) in [5.41, 5.74) is 0.731. The van der Waals surface area contributed by atoms with E-state index in [4.69, 9.17) is 0 Å². The number of aryl methyl sites for hydroxylation is 1. The normalized spacial score (nSPS) is 18.7. The second-order valence-corrected chi connectivity index (χ2v) is 5.32. The van der Waals surface area contributed by atoms with Crippen LogP contribution in [0.5, 0.6) is 0 Å². The van der Waals surface area contributed by atoms with Crippen LogP contribution >= 0.6 is 0 Å². The Morgan fingerprint density at radius 1 is 1.56 bits per heavy atom. The van der Waals surface area contributed by atoms with E-state index in [9.17, 15) is 10.1 Å². The first-order valence-electron chi connectivity index (χ1n) is 6.00. The summed E-state index contributed by atoms with van der Waals surface area (Å²) in [5.74, 6) is 0.682. The van der Waals surface area contributed by atoms with Gasteiger partial charge in [-0.25, -0.2) is 4.98 Å². The van der Waals surface area contributed by atoms with Crippen molar-refractivity contribution in [2.24, 2.45) is 0 Å². The molecule has 0 spiro atoms. The number of hydrogen-bond acceptors (Lipinski definition) is 5. The van der Waals surface area contributed by atoms with Gasteiger partial charge in [-0.05, 0) is 20.8 Å². The first kappa shape index (κ1) is 12.8. The zero-order valence-electron chi connectivity index (χ0n) is 10.9. The van der Waals surface area contributed by atoms with E-state index in [2.05, 4.69) is 29.0 Å². The first-order valence-corrected chi connectivity index (χ1v) is 6.00. The van der Waals surface area contributed by atoms with Gasteiger partial charge in [0.1, 0.15) is 5.82 Å². The Hall–Kier alpha value is -1.69. The van der Waals surface area contributed by atoms with Crippen molar-refractivity contribution in [3.63, 3.8) is 0 Å². The van der Waals surface area contributed by atoms with Crippen molar-refractivity contribution in [3.8, 4) is 0 Å². The molecule has 0 aromatic carbocycles. The summed E-state index contributed by atoms with van der Waals surface area (Å²) < 4.78 is 0. The molecule has 0 radical (unpaired) electrons. The largest absolute Gasteiger partial charge is 0.353 e. The van der Waals surface area contributed by atoms with Crippen molar-refractivity contribution < 1.29 is 4.92 Å². The van der Waals surface area contributed by atoms with Crippen LogP contribution in [-0.4, -0.2) is 35.1 Å². The van der Waals surface area contributed by atoms with E-state index in [1.807, 2.05) is 0 Å². The summed E-state index contributed by atoms with van der Waals surface area (Å²) in [5, 5.41) is 14.3. The molecule has 1 fully saturated rings. The summed E-state index contributed by atoms with van der Waals surface area (Å²) in [7, 11) is 0. The fourth-order valence-corrected chi connectivity index (χ4v) is 2.21. The molecule has 98 valence electrons. The molecule has 0 bridgehead atoms. The minimum atomic E-state index is -0.353. The van der Waals surface area contributed by atoms with Gasteiger partial charge in [-0.3, -0.25) is 10.1 Å². The van der Waals surface area contributed by atoms with Crippen molar-refractivity contribution in [1.82, 2.24) is 10.3 Å². The van der Waals surface area contributed by atoms with Gasteiger partial charge >= 0.3 is 0 Å². The van der Waals surface area contributed by atoms with Crippen LogP contribution in [0.4, 0.5) is 11.5 Å². The molecule has 1 aromatic heterocycles. The molecule has 6 nitrogen and oxygen atoms in total. The molecule has 1 aliphatic heterocycles. The lowest BCUT2D eigenvalue weighted by atomic mass is 10.0. The molecule has 1 aromatic rings. The molecular weight excluding hydrogens is 232 g/mol. The van der Waals surface area contributed by atoms with Gasteiger partial charge in [0.25, 0.3) is 5.69 Å². The molecule has 1 N–H and O–H groups in total. The maximum absolute atomic E-state index is 10.9. The van der Waals surface area contributed by atoms with Crippen molar-refractivity contribution in [1.29, 1.82) is 0 Å². The molecule has 0 saturated carbocycles. The Kier molecular flexibility index (Phi) is 3.21. The fourth-order valence-electron chi connectivity index (χ4n) is 2.21. The van der Waals surface area contributed by atoms with Gasteiger partial charge in [0.15, 0.2) is 0 Å². The number of pyridine rings is 1. The fraction of sp³-hybridized carbons (Fsp3) is 0.583. The summed E-state index contributed by atoms with van der Waals surface area (Å²) >= 11 is 0. The van der Waals surface area contributed by atoms with Crippen LogP contribution in [0.1, 0.15) is 19.4 Å². The predicted molar refractivity (Wildman–Crippen MR) is 69.9 cm³/mol. The van der Waals surface area contributed by atoms with Gasteiger partial charge < -0.3 is 10.2 Å². The third-order valence-corrected chi connectivity index (χ3v) is 3.15. The first-order chi connectivity index (χ1) is 8.39. The zero-order valence-corrected chi connectivity index (χ0v) is 10.9. The average molecular weight is 250 g/mol. The van der Waals surface area contributed by atoms with Gasteiger partial charge in [0.05, 0.1) is 11.0 Å². The van der Waals surface area contributed by atoms with Crippen LogP contribution in [0.15, 0.2) is 12.3 Å². The second-order valence-electron chi connectivity index (χ2n) is 5.32. The molecule has 2 rings (SSSR count).